The third-order valence-corrected chi connectivity index (χ3v) is 3.92. The van der Waals surface area contributed by atoms with Crippen molar-refractivity contribution in [1.29, 1.82) is 0 Å². The SMILES string of the molecule is Cc1[nH]nc2ncc3c(c12)C(=O)N(c1cccc(OC(F)(F)F)c1)C3=O. The molecule has 1 aliphatic heterocycles. The van der Waals surface area contributed by atoms with Crippen LogP contribution in [0.3, 0.4) is 0 Å². The predicted octanol–water partition coefficient (Wildman–Crippen LogP) is 2.97. The van der Waals surface area contributed by atoms with Crippen molar-refractivity contribution < 1.29 is 27.5 Å². The van der Waals surface area contributed by atoms with Gasteiger partial charge in [-0.3, -0.25) is 14.7 Å². The Kier molecular flexibility index (Phi) is 3.26. The zero-order valence-electron chi connectivity index (χ0n) is 13.1. The number of aryl methyl sites for hydroxylation is 1. The minimum Gasteiger partial charge on any atom is -0.406 e. The highest BCUT2D eigenvalue weighted by molar-refractivity contribution is 6.37. The summed E-state index contributed by atoms with van der Waals surface area (Å²) in [6.45, 7) is 1.68. The molecule has 0 saturated carbocycles. The van der Waals surface area contributed by atoms with E-state index in [4.69, 9.17) is 0 Å². The second-order valence-corrected chi connectivity index (χ2v) is 5.58. The van der Waals surface area contributed by atoms with Crippen LogP contribution in [0.25, 0.3) is 11.0 Å². The Morgan fingerprint density at radius 1 is 1.19 bits per heavy atom. The van der Waals surface area contributed by atoms with Crippen molar-refractivity contribution in [3.05, 3.63) is 47.3 Å². The number of aromatic amines is 1. The van der Waals surface area contributed by atoms with Crippen LogP contribution in [0.15, 0.2) is 30.5 Å². The monoisotopic (exact) mass is 362 g/mol. The average Bonchev–Trinajstić information content (AvgIpc) is 3.05. The van der Waals surface area contributed by atoms with Crippen molar-refractivity contribution in [2.24, 2.45) is 0 Å². The first-order valence-electron chi connectivity index (χ1n) is 7.34. The topological polar surface area (TPSA) is 88.2 Å². The fraction of sp³-hybridized carbons (Fsp3) is 0.125. The lowest BCUT2D eigenvalue weighted by Gasteiger charge is -2.15. The molecule has 10 heteroatoms. The van der Waals surface area contributed by atoms with E-state index in [2.05, 4.69) is 19.9 Å². The Labute approximate surface area is 143 Å². The van der Waals surface area contributed by atoms with Gasteiger partial charge in [-0.2, -0.15) is 5.10 Å². The summed E-state index contributed by atoms with van der Waals surface area (Å²) in [7, 11) is 0. The zero-order chi connectivity index (χ0) is 18.6. The van der Waals surface area contributed by atoms with Crippen LogP contribution in [0.1, 0.15) is 26.4 Å². The number of ether oxygens (including phenoxy) is 1. The summed E-state index contributed by atoms with van der Waals surface area (Å²) in [6, 6.07) is 4.66. The number of H-pyrrole nitrogens is 1. The number of halogens is 3. The third kappa shape index (κ3) is 2.38. The Morgan fingerprint density at radius 2 is 1.96 bits per heavy atom. The average molecular weight is 362 g/mol. The first-order chi connectivity index (χ1) is 12.3. The zero-order valence-corrected chi connectivity index (χ0v) is 13.1. The van der Waals surface area contributed by atoms with E-state index >= 15 is 0 Å². The second-order valence-electron chi connectivity index (χ2n) is 5.58. The number of carbonyl (C=O) groups is 2. The number of nitrogens with one attached hydrogen (secondary N) is 1. The largest absolute Gasteiger partial charge is 0.573 e. The van der Waals surface area contributed by atoms with Crippen molar-refractivity contribution in [3.8, 4) is 5.75 Å². The van der Waals surface area contributed by atoms with Crippen molar-refractivity contribution >= 4 is 28.5 Å². The van der Waals surface area contributed by atoms with Gasteiger partial charge >= 0.3 is 6.36 Å². The molecule has 0 radical (unpaired) electrons. The maximum atomic E-state index is 12.8. The smallest absolute Gasteiger partial charge is 0.406 e. The number of rotatable bonds is 2. The molecule has 1 N–H and O–H groups in total. The molecule has 3 aromatic rings. The molecule has 132 valence electrons. The molecule has 0 bridgehead atoms. The Hall–Kier alpha value is -3.43. The number of alkyl halides is 3. The summed E-state index contributed by atoms with van der Waals surface area (Å²) in [6.07, 6.45) is -3.65. The number of hydrogen-bond acceptors (Lipinski definition) is 5. The number of pyridine rings is 1. The molecule has 0 spiro atoms. The summed E-state index contributed by atoms with van der Waals surface area (Å²) in [4.78, 5) is 30.3. The molecule has 0 fully saturated rings. The number of fused-ring (bicyclic) bond motifs is 3. The molecule has 1 aliphatic rings. The lowest BCUT2D eigenvalue weighted by molar-refractivity contribution is -0.274. The van der Waals surface area contributed by atoms with Crippen molar-refractivity contribution in [2.75, 3.05) is 4.90 Å². The van der Waals surface area contributed by atoms with Gasteiger partial charge in [0, 0.05) is 18.0 Å². The molecule has 3 heterocycles. The van der Waals surface area contributed by atoms with Gasteiger partial charge in [-0.1, -0.05) is 6.07 Å². The van der Waals surface area contributed by atoms with Gasteiger partial charge in [-0.05, 0) is 19.1 Å². The van der Waals surface area contributed by atoms with Gasteiger partial charge in [0.25, 0.3) is 11.8 Å². The third-order valence-electron chi connectivity index (χ3n) is 3.92. The van der Waals surface area contributed by atoms with Crippen LogP contribution in [0.2, 0.25) is 0 Å². The molecule has 0 unspecified atom stereocenters. The van der Waals surface area contributed by atoms with Crippen LogP contribution in [0, 0.1) is 6.92 Å². The van der Waals surface area contributed by atoms with E-state index in [9.17, 15) is 22.8 Å². The first-order valence-corrected chi connectivity index (χ1v) is 7.34. The lowest BCUT2D eigenvalue weighted by Crippen LogP contribution is -2.29. The molecule has 0 aliphatic carbocycles. The quantitative estimate of drug-likeness (QED) is 0.708. The second kappa shape index (κ2) is 5.28. The van der Waals surface area contributed by atoms with Crippen LogP contribution in [-0.2, 0) is 0 Å². The van der Waals surface area contributed by atoms with E-state index in [1.54, 1.807) is 6.92 Å². The van der Waals surface area contributed by atoms with Crippen LogP contribution >= 0.6 is 0 Å². The number of benzene rings is 1. The molecule has 0 atom stereocenters. The van der Waals surface area contributed by atoms with E-state index in [0.29, 0.717) is 11.1 Å². The van der Waals surface area contributed by atoms with Crippen molar-refractivity contribution in [2.45, 2.75) is 13.3 Å². The fourth-order valence-electron chi connectivity index (χ4n) is 2.90. The van der Waals surface area contributed by atoms with Gasteiger partial charge in [0.2, 0.25) is 0 Å². The van der Waals surface area contributed by atoms with Crippen LogP contribution in [0.4, 0.5) is 18.9 Å². The Bertz CT molecular complexity index is 1070. The molecule has 1 aromatic carbocycles. The van der Waals surface area contributed by atoms with Gasteiger partial charge in [0.1, 0.15) is 5.75 Å². The minimum absolute atomic E-state index is 0.0350. The standard InChI is InChI=1S/C16H9F3N4O3/c1-7-11-12-10(6-20-13(11)22-21-7)14(24)23(15(12)25)8-3-2-4-9(5-8)26-16(17,18)19/h2-6H,1H3,(H,20,21,22). The molecule has 0 saturated heterocycles. The summed E-state index contributed by atoms with van der Waals surface area (Å²) >= 11 is 0. The Balaban J connectivity index is 1.81. The summed E-state index contributed by atoms with van der Waals surface area (Å²) in [5, 5.41) is 7.04. The van der Waals surface area contributed by atoms with Gasteiger partial charge < -0.3 is 4.74 Å². The number of anilines is 1. The van der Waals surface area contributed by atoms with Gasteiger partial charge in [-0.15, -0.1) is 13.2 Å². The van der Waals surface area contributed by atoms with Gasteiger partial charge in [0.05, 0.1) is 22.2 Å². The summed E-state index contributed by atoms with van der Waals surface area (Å²) < 4.78 is 41.1. The molecule has 4 rings (SSSR count). The van der Waals surface area contributed by atoms with E-state index < -0.39 is 23.9 Å². The number of imide groups is 1. The predicted molar refractivity (Wildman–Crippen MR) is 82.9 cm³/mol. The number of nitrogens with zero attached hydrogens (tertiary/aromatic N) is 3. The van der Waals surface area contributed by atoms with E-state index in [-0.39, 0.29) is 22.5 Å². The van der Waals surface area contributed by atoms with E-state index in [0.717, 1.165) is 17.0 Å². The maximum absolute atomic E-state index is 12.8. The van der Waals surface area contributed by atoms with E-state index in [1.165, 1.54) is 18.3 Å². The lowest BCUT2D eigenvalue weighted by atomic mass is 10.1. The Morgan fingerprint density at radius 3 is 2.69 bits per heavy atom. The highest BCUT2D eigenvalue weighted by Gasteiger charge is 2.40. The molecular weight excluding hydrogens is 353 g/mol. The number of amides is 2. The minimum atomic E-state index is -4.88. The highest BCUT2D eigenvalue weighted by Crippen LogP contribution is 2.35. The van der Waals surface area contributed by atoms with Crippen LogP contribution in [-0.4, -0.2) is 33.4 Å². The normalized spacial score (nSPS) is 14.2. The molecule has 26 heavy (non-hydrogen) atoms. The molecule has 2 amide bonds. The van der Waals surface area contributed by atoms with Gasteiger partial charge in [-0.25, -0.2) is 9.88 Å². The number of aromatic nitrogens is 3. The molecule has 7 nitrogen and oxygen atoms in total. The maximum Gasteiger partial charge on any atom is 0.573 e. The number of hydrogen-bond donors (Lipinski definition) is 1. The van der Waals surface area contributed by atoms with Crippen LogP contribution < -0.4 is 9.64 Å². The van der Waals surface area contributed by atoms with Crippen LogP contribution in [0.5, 0.6) is 5.75 Å². The first kappa shape index (κ1) is 16.1. The highest BCUT2D eigenvalue weighted by atomic mass is 19.4. The van der Waals surface area contributed by atoms with Crippen molar-refractivity contribution in [3.63, 3.8) is 0 Å². The summed E-state index contributed by atoms with van der Waals surface area (Å²) in [5.74, 6) is -1.87. The van der Waals surface area contributed by atoms with Crippen molar-refractivity contribution in [1.82, 2.24) is 15.2 Å². The summed E-state index contributed by atoms with van der Waals surface area (Å²) in [5.41, 5.74) is 0.981. The molecule has 2 aromatic heterocycles. The van der Waals surface area contributed by atoms with Gasteiger partial charge in [0.15, 0.2) is 5.65 Å². The molecular formula is C16H9F3N4O3. The van der Waals surface area contributed by atoms with E-state index in [1.807, 2.05) is 0 Å². The number of carbonyl (C=O) groups excluding carboxylic acids is 2. The fourth-order valence-corrected chi connectivity index (χ4v) is 2.90.